The van der Waals surface area contributed by atoms with Crippen LogP contribution in [0.25, 0.3) is 0 Å². The van der Waals surface area contributed by atoms with E-state index in [4.69, 9.17) is 28.8 Å². The Morgan fingerprint density at radius 2 is 1.08 bits per heavy atom. The van der Waals surface area contributed by atoms with Crippen LogP contribution in [0.2, 0.25) is 0 Å². The first-order chi connectivity index (χ1) is 29.4. The Morgan fingerprint density at radius 3 is 1.64 bits per heavy atom. The molecular formula is C40H63I2N5O14. The van der Waals surface area contributed by atoms with E-state index >= 15 is 0 Å². The third-order valence-electron chi connectivity index (χ3n) is 8.71. The molecule has 2 atom stereocenters. The van der Waals surface area contributed by atoms with Crippen LogP contribution in [-0.2, 0) is 47.7 Å². The van der Waals surface area contributed by atoms with Gasteiger partial charge in [-0.05, 0) is 62.8 Å². The van der Waals surface area contributed by atoms with Crippen molar-refractivity contribution >= 4 is 84.8 Å². The van der Waals surface area contributed by atoms with Crippen LogP contribution in [0.4, 0.5) is 0 Å². The fourth-order valence-corrected chi connectivity index (χ4v) is 7.01. The molecule has 19 nitrogen and oxygen atoms in total. The molecule has 0 heterocycles. The van der Waals surface area contributed by atoms with E-state index < -0.39 is 18.0 Å². The number of benzene rings is 1. The van der Waals surface area contributed by atoms with Crippen molar-refractivity contribution in [1.82, 2.24) is 24.8 Å². The van der Waals surface area contributed by atoms with Gasteiger partial charge >= 0.3 is 11.9 Å². The van der Waals surface area contributed by atoms with Crippen molar-refractivity contribution in [2.24, 2.45) is 0 Å². The molecular weight excluding hydrogens is 1030 g/mol. The number of halogens is 2. The first-order valence-electron chi connectivity index (χ1n) is 20.6. The van der Waals surface area contributed by atoms with Gasteiger partial charge in [-0.2, -0.15) is 0 Å². The Kier molecular flexibility index (Phi) is 34.1. The molecule has 0 fully saturated rings. The smallest absolute Gasteiger partial charge is 0.335 e. The third-order valence-corrected chi connectivity index (χ3v) is 10.2. The summed E-state index contributed by atoms with van der Waals surface area (Å²) in [5, 5.41) is 29.0. The SMILES string of the molecule is O=C(CC[C@H](NC(=O)CCCCCCCCCOc1ccc(C(=O)O)cc1)C(=O)O)NCCOCCOCC(=O)NCCOCCOCC(=O)NCCCC[C@H](NI)C(=O)I. The number of hydrogen-bond acceptors (Lipinski definition) is 13. The molecule has 0 aromatic heterocycles. The lowest BCUT2D eigenvalue weighted by Crippen LogP contribution is -2.41. The summed E-state index contributed by atoms with van der Waals surface area (Å²) in [4.78, 5) is 82.2. The van der Waals surface area contributed by atoms with E-state index in [1.165, 1.54) is 12.1 Å². The lowest BCUT2D eigenvalue weighted by molar-refractivity contribution is -0.142. The number of aromatic carboxylic acids is 1. The van der Waals surface area contributed by atoms with Gasteiger partial charge in [0.15, 0.2) is 0 Å². The number of amides is 4. The van der Waals surface area contributed by atoms with Crippen LogP contribution >= 0.6 is 45.5 Å². The zero-order valence-corrected chi connectivity index (χ0v) is 39.0. The van der Waals surface area contributed by atoms with E-state index in [-0.39, 0.29) is 124 Å². The first kappa shape index (κ1) is 55.8. The van der Waals surface area contributed by atoms with E-state index in [1.54, 1.807) is 34.7 Å². The molecule has 0 unspecified atom stereocenters. The molecule has 4 amide bonds. The summed E-state index contributed by atoms with van der Waals surface area (Å²) < 4.78 is 29.9. The molecule has 1 aromatic rings. The number of aliphatic carboxylic acids is 1. The molecule has 0 spiro atoms. The minimum Gasteiger partial charge on any atom is -0.494 e. The number of nitrogens with one attached hydrogen (secondary N) is 5. The molecule has 346 valence electrons. The van der Waals surface area contributed by atoms with Gasteiger partial charge < -0.3 is 55.2 Å². The number of carboxylic acids is 2. The number of hydrogen-bond donors (Lipinski definition) is 7. The summed E-state index contributed by atoms with van der Waals surface area (Å²) in [6, 6.07) is 4.95. The first-order valence-corrected chi connectivity index (χ1v) is 22.7. The highest BCUT2D eigenvalue weighted by molar-refractivity contribution is 14.1. The van der Waals surface area contributed by atoms with E-state index in [9.17, 15) is 38.7 Å². The average Bonchev–Trinajstić information content (AvgIpc) is 3.23. The number of carboxylic acid groups (broad SMARTS) is 2. The van der Waals surface area contributed by atoms with E-state index in [1.807, 2.05) is 22.9 Å². The summed E-state index contributed by atoms with van der Waals surface area (Å²) in [6.07, 6.45) is 8.67. The van der Waals surface area contributed by atoms with Gasteiger partial charge in [-0.3, -0.25) is 24.0 Å². The minimum atomic E-state index is -1.21. The average molecular weight is 1090 g/mol. The lowest BCUT2D eigenvalue weighted by Gasteiger charge is -2.14. The summed E-state index contributed by atoms with van der Waals surface area (Å²) in [5.74, 6) is -2.83. The van der Waals surface area contributed by atoms with E-state index in [0.29, 0.717) is 31.7 Å². The number of rotatable bonds is 40. The Labute approximate surface area is 385 Å². The molecule has 7 N–H and O–H groups in total. The normalized spacial score (nSPS) is 11.9. The topological polar surface area (TPSA) is 266 Å². The predicted octanol–water partition coefficient (Wildman–Crippen LogP) is 3.09. The number of carbonyl (C=O) groups excluding carboxylic acids is 5. The molecule has 0 bridgehead atoms. The molecule has 0 aliphatic heterocycles. The fourth-order valence-electron chi connectivity index (χ4n) is 5.35. The minimum absolute atomic E-state index is 0.0493. The molecule has 0 radical (unpaired) electrons. The largest absolute Gasteiger partial charge is 0.494 e. The summed E-state index contributed by atoms with van der Waals surface area (Å²) in [5.41, 5.74) is 0.214. The number of unbranched alkanes of at least 4 members (excludes halogenated alkanes) is 7. The standard InChI is InChI=1S/C40H63I2N5O14/c41-38(52)32(47-42)10-7-8-18-43-36(50)28-59-26-25-58-23-20-45-37(51)29-60-27-24-57-22-19-44-34(48)17-16-33(40(55)56)46-35(49)11-6-4-2-1-3-5-9-21-61-31-14-12-30(13-15-31)39(53)54/h12-15,32-33,47H,1-11,16-29H2,(H,43,50)(H,44,48)(H,45,51)(H,46,49)(H,53,54)(H,55,56)/t32-,33-/m0/s1. The number of ether oxygens (including phenoxy) is 5. The quantitative estimate of drug-likeness (QED) is 0.0216. The second-order valence-corrected chi connectivity index (χ2v) is 15.4. The van der Waals surface area contributed by atoms with E-state index in [2.05, 4.69) is 24.8 Å². The van der Waals surface area contributed by atoms with Crippen molar-refractivity contribution in [1.29, 1.82) is 0 Å². The van der Waals surface area contributed by atoms with Crippen LogP contribution in [-0.4, -0.2) is 141 Å². The Morgan fingerprint density at radius 1 is 0.541 bits per heavy atom. The van der Waals surface area contributed by atoms with Crippen LogP contribution in [0, 0.1) is 0 Å². The van der Waals surface area contributed by atoms with E-state index in [0.717, 1.165) is 51.4 Å². The van der Waals surface area contributed by atoms with Gasteiger partial charge in [-0.15, -0.1) is 0 Å². The monoisotopic (exact) mass is 1090 g/mol. The fraction of sp³-hybridized carbons (Fsp3) is 0.675. The highest BCUT2D eigenvalue weighted by Crippen LogP contribution is 2.14. The van der Waals surface area contributed by atoms with Crippen LogP contribution in [0.15, 0.2) is 24.3 Å². The van der Waals surface area contributed by atoms with Gasteiger partial charge in [-0.25, -0.2) is 13.1 Å². The van der Waals surface area contributed by atoms with Crippen LogP contribution in [0.5, 0.6) is 5.75 Å². The highest BCUT2D eigenvalue weighted by atomic mass is 127. The van der Waals surface area contributed by atoms with Crippen LogP contribution in [0.1, 0.15) is 93.8 Å². The molecule has 1 rings (SSSR count). The molecule has 0 saturated carbocycles. The Balaban J connectivity index is 1.93. The van der Waals surface area contributed by atoms with Crippen LogP contribution < -0.4 is 29.5 Å². The lowest BCUT2D eigenvalue weighted by atomic mass is 10.1. The van der Waals surface area contributed by atoms with Crippen molar-refractivity contribution in [3.8, 4) is 5.75 Å². The van der Waals surface area contributed by atoms with Crippen molar-refractivity contribution in [2.45, 2.75) is 95.6 Å². The summed E-state index contributed by atoms with van der Waals surface area (Å²) >= 11 is 3.73. The van der Waals surface area contributed by atoms with Crippen LogP contribution in [0.3, 0.4) is 0 Å². The van der Waals surface area contributed by atoms with Gasteiger partial charge in [0.1, 0.15) is 25.0 Å². The predicted molar refractivity (Wildman–Crippen MR) is 241 cm³/mol. The molecule has 0 aliphatic carbocycles. The van der Waals surface area contributed by atoms with Gasteiger partial charge in [0.25, 0.3) is 0 Å². The summed E-state index contributed by atoms with van der Waals surface area (Å²) in [7, 11) is 0. The second-order valence-electron chi connectivity index (χ2n) is 13.7. The van der Waals surface area contributed by atoms with Gasteiger partial charge in [0, 0.05) is 77.9 Å². The molecule has 0 saturated heterocycles. The maximum Gasteiger partial charge on any atom is 0.335 e. The van der Waals surface area contributed by atoms with Crippen molar-refractivity contribution in [3.63, 3.8) is 0 Å². The zero-order chi connectivity index (χ0) is 44.9. The third kappa shape index (κ3) is 32.2. The van der Waals surface area contributed by atoms with Crippen molar-refractivity contribution < 1.29 is 67.5 Å². The molecule has 0 aliphatic rings. The maximum atomic E-state index is 12.3. The maximum absolute atomic E-state index is 12.3. The van der Waals surface area contributed by atoms with Crippen molar-refractivity contribution in [3.05, 3.63) is 29.8 Å². The number of carbonyl (C=O) groups is 7. The molecule has 61 heavy (non-hydrogen) atoms. The Hall–Kier alpha value is -3.23. The van der Waals surface area contributed by atoms with Gasteiger partial charge in [-0.1, -0.05) is 32.1 Å². The van der Waals surface area contributed by atoms with Gasteiger partial charge in [0.05, 0.1) is 57.9 Å². The summed E-state index contributed by atoms with van der Waals surface area (Å²) in [6.45, 7) is 2.56. The zero-order valence-electron chi connectivity index (χ0n) is 34.7. The molecule has 1 aromatic carbocycles. The Bertz CT molecular complexity index is 1430. The highest BCUT2D eigenvalue weighted by Gasteiger charge is 2.21. The van der Waals surface area contributed by atoms with Crippen molar-refractivity contribution in [2.75, 3.05) is 79.1 Å². The molecule has 21 heteroatoms. The van der Waals surface area contributed by atoms with Gasteiger partial charge in [0.2, 0.25) is 27.4 Å². The second kappa shape index (κ2) is 37.3.